The van der Waals surface area contributed by atoms with Gasteiger partial charge in [-0.1, -0.05) is 11.6 Å². The highest BCUT2D eigenvalue weighted by molar-refractivity contribution is 6.30. The SMILES string of the molecule is COc1ccc(Cl)cc1CN1CCN(C(=O)c2cccnc2)CC1. The van der Waals surface area contributed by atoms with Gasteiger partial charge in [-0.3, -0.25) is 14.7 Å². The van der Waals surface area contributed by atoms with Gasteiger partial charge in [0.05, 0.1) is 12.7 Å². The Balaban J connectivity index is 1.60. The molecule has 6 heteroatoms. The van der Waals surface area contributed by atoms with E-state index < -0.39 is 0 Å². The zero-order valence-electron chi connectivity index (χ0n) is 13.6. The molecular weight excluding hydrogens is 326 g/mol. The third-order valence-electron chi connectivity index (χ3n) is 4.20. The predicted octanol–water partition coefficient (Wildman–Crippen LogP) is 2.70. The van der Waals surface area contributed by atoms with E-state index in [1.54, 1.807) is 31.6 Å². The first kappa shape index (κ1) is 16.7. The van der Waals surface area contributed by atoms with E-state index in [0.717, 1.165) is 30.9 Å². The second kappa shape index (κ2) is 7.64. The van der Waals surface area contributed by atoms with Crippen molar-refractivity contribution in [2.24, 2.45) is 0 Å². The molecule has 1 aromatic carbocycles. The van der Waals surface area contributed by atoms with Crippen LogP contribution in [0.25, 0.3) is 0 Å². The van der Waals surface area contributed by atoms with Gasteiger partial charge in [0, 0.05) is 55.7 Å². The maximum absolute atomic E-state index is 12.4. The highest BCUT2D eigenvalue weighted by Crippen LogP contribution is 2.24. The van der Waals surface area contributed by atoms with Crippen molar-refractivity contribution >= 4 is 17.5 Å². The fourth-order valence-corrected chi connectivity index (χ4v) is 3.09. The first-order valence-corrected chi connectivity index (χ1v) is 8.29. The number of halogens is 1. The van der Waals surface area contributed by atoms with Crippen LogP contribution in [0.5, 0.6) is 5.75 Å². The van der Waals surface area contributed by atoms with E-state index in [4.69, 9.17) is 16.3 Å². The lowest BCUT2D eigenvalue weighted by Crippen LogP contribution is -2.48. The molecule has 0 N–H and O–H groups in total. The van der Waals surface area contributed by atoms with Crippen LogP contribution in [0.15, 0.2) is 42.7 Å². The summed E-state index contributed by atoms with van der Waals surface area (Å²) in [5, 5.41) is 0.705. The van der Waals surface area contributed by atoms with Crippen molar-refractivity contribution in [1.29, 1.82) is 0 Å². The van der Waals surface area contributed by atoms with E-state index in [2.05, 4.69) is 9.88 Å². The standard InChI is InChI=1S/C18H20ClN3O2/c1-24-17-5-4-16(19)11-15(17)13-21-7-9-22(10-8-21)18(23)14-3-2-6-20-12-14/h2-6,11-12H,7-10,13H2,1H3. The Hall–Kier alpha value is -2.11. The maximum atomic E-state index is 12.4. The molecule has 2 aromatic rings. The highest BCUT2D eigenvalue weighted by atomic mass is 35.5. The molecule has 0 unspecified atom stereocenters. The van der Waals surface area contributed by atoms with E-state index in [-0.39, 0.29) is 5.91 Å². The smallest absolute Gasteiger partial charge is 0.255 e. The molecule has 1 fully saturated rings. The van der Waals surface area contributed by atoms with Crippen molar-refractivity contribution in [2.45, 2.75) is 6.54 Å². The van der Waals surface area contributed by atoms with Crippen molar-refractivity contribution in [3.63, 3.8) is 0 Å². The van der Waals surface area contributed by atoms with Gasteiger partial charge in [0.1, 0.15) is 5.75 Å². The maximum Gasteiger partial charge on any atom is 0.255 e. The van der Waals surface area contributed by atoms with Crippen LogP contribution in [0.1, 0.15) is 15.9 Å². The number of benzene rings is 1. The van der Waals surface area contributed by atoms with Gasteiger partial charge in [-0.15, -0.1) is 0 Å². The van der Waals surface area contributed by atoms with Crippen LogP contribution in [-0.2, 0) is 6.54 Å². The van der Waals surface area contributed by atoms with Gasteiger partial charge in [0.15, 0.2) is 0 Å². The molecule has 2 heterocycles. The summed E-state index contributed by atoms with van der Waals surface area (Å²) in [5.74, 6) is 0.886. The molecule has 5 nitrogen and oxygen atoms in total. The molecule has 0 saturated carbocycles. The molecule has 0 bridgehead atoms. The number of hydrogen-bond acceptors (Lipinski definition) is 4. The molecule has 0 aliphatic carbocycles. The monoisotopic (exact) mass is 345 g/mol. The quantitative estimate of drug-likeness (QED) is 0.854. The molecule has 1 saturated heterocycles. The second-order valence-electron chi connectivity index (χ2n) is 5.77. The lowest BCUT2D eigenvalue weighted by Gasteiger charge is -2.35. The third-order valence-corrected chi connectivity index (χ3v) is 4.44. The van der Waals surface area contributed by atoms with Gasteiger partial charge in [0.25, 0.3) is 5.91 Å². The average molecular weight is 346 g/mol. The van der Waals surface area contributed by atoms with E-state index in [1.165, 1.54) is 0 Å². The Morgan fingerprint density at radius 2 is 2.04 bits per heavy atom. The summed E-state index contributed by atoms with van der Waals surface area (Å²) in [7, 11) is 1.66. The average Bonchev–Trinajstić information content (AvgIpc) is 2.63. The molecule has 3 rings (SSSR count). The molecule has 126 valence electrons. The lowest BCUT2D eigenvalue weighted by atomic mass is 10.1. The summed E-state index contributed by atoms with van der Waals surface area (Å²) in [4.78, 5) is 20.6. The molecule has 0 radical (unpaired) electrons. The summed E-state index contributed by atoms with van der Waals surface area (Å²) in [6.07, 6.45) is 3.29. The fourth-order valence-electron chi connectivity index (χ4n) is 2.89. The summed E-state index contributed by atoms with van der Waals surface area (Å²) >= 11 is 6.09. The Morgan fingerprint density at radius 3 is 2.71 bits per heavy atom. The Morgan fingerprint density at radius 1 is 1.25 bits per heavy atom. The zero-order valence-corrected chi connectivity index (χ0v) is 14.4. The summed E-state index contributed by atoms with van der Waals surface area (Å²) in [6.45, 7) is 3.81. The topological polar surface area (TPSA) is 45.7 Å². The van der Waals surface area contributed by atoms with Gasteiger partial charge in [-0.2, -0.15) is 0 Å². The molecular formula is C18H20ClN3O2. The van der Waals surface area contributed by atoms with E-state index in [0.29, 0.717) is 23.7 Å². The van der Waals surface area contributed by atoms with Crippen LogP contribution >= 0.6 is 11.6 Å². The van der Waals surface area contributed by atoms with Crippen molar-refractivity contribution < 1.29 is 9.53 Å². The second-order valence-corrected chi connectivity index (χ2v) is 6.20. The summed E-state index contributed by atoms with van der Waals surface area (Å²) < 4.78 is 5.40. The van der Waals surface area contributed by atoms with E-state index in [1.807, 2.05) is 23.1 Å². The predicted molar refractivity (Wildman–Crippen MR) is 93.4 cm³/mol. The van der Waals surface area contributed by atoms with Gasteiger partial charge in [-0.25, -0.2) is 0 Å². The van der Waals surface area contributed by atoms with Gasteiger partial charge < -0.3 is 9.64 Å². The molecule has 1 aliphatic rings. The number of rotatable bonds is 4. The first-order chi connectivity index (χ1) is 11.7. The lowest BCUT2D eigenvalue weighted by molar-refractivity contribution is 0.0627. The van der Waals surface area contributed by atoms with Crippen molar-refractivity contribution in [1.82, 2.24) is 14.8 Å². The fraction of sp³-hybridized carbons (Fsp3) is 0.333. The number of ether oxygens (including phenoxy) is 1. The zero-order chi connectivity index (χ0) is 16.9. The largest absolute Gasteiger partial charge is 0.496 e. The number of piperazine rings is 1. The third kappa shape index (κ3) is 3.86. The minimum Gasteiger partial charge on any atom is -0.496 e. The minimum absolute atomic E-state index is 0.0445. The number of aromatic nitrogens is 1. The molecule has 0 spiro atoms. The molecule has 1 aromatic heterocycles. The molecule has 1 amide bonds. The van der Waals surface area contributed by atoms with Gasteiger partial charge in [0.2, 0.25) is 0 Å². The van der Waals surface area contributed by atoms with Crippen LogP contribution in [0, 0.1) is 0 Å². The first-order valence-electron chi connectivity index (χ1n) is 7.91. The Labute approximate surface area is 146 Å². The van der Waals surface area contributed by atoms with Crippen LogP contribution < -0.4 is 4.74 Å². The van der Waals surface area contributed by atoms with Crippen LogP contribution in [0.2, 0.25) is 5.02 Å². The normalized spacial score (nSPS) is 15.3. The number of amides is 1. The van der Waals surface area contributed by atoms with E-state index >= 15 is 0 Å². The van der Waals surface area contributed by atoms with Gasteiger partial charge in [-0.05, 0) is 30.3 Å². The van der Waals surface area contributed by atoms with E-state index in [9.17, 15) is 4.79 Å². The highest BCUT2D eigenvalue weighted by Gasteiger charge is 2.22. The number of hydrogen-bond donors (Lipinski definition) is 0. The number of pyridine rings is 1. The van der Waals surface area contributed by atoms with Gasteiger partial charge >= 0.3 is 0 Å². The van der Waals surface area contributed by atoms with Crippen molar-refractivity contribution in [3.8, 4) is 5.75 Å². The summed E-state index contributed by atoms with van der Waals surface area (Å²) in [5.41, 5.74) is 1.71. The van der Waals surface area contributed by atoms with Crippen molar-refractivity contribution in [3.05, 3.63) is 58.9 Å². The number of carbonyl (C=O) groups excluding carboxylic acids is 1. The number of carbonyl (C=O) groups is 1. The van der Waals surface area contributed by atoms with Crippen molar-refractivity contribution in [2.75, 3.05) is 33.3 Å². The minimum atomic E-state index is 0.0445. The molecule has 24 heavy (non-hydrogen) atoms. The Kier molecular flexibility index (Phi) is 5.33. The van der Waals surface area contributed by atoms with Crippen LogP contribution in [0.3, 0.4) is 0 Å². The summed E-state index contributed by atoms with van der Waals surface area (Å²) in [6, 6.07) is 9.25. The Bertz CT molecular complexity index is 701. The van der Waals surface area contributed by atoms with Crippen LogP contribution in [-0.4, -0.2) is 54.0 Å². The molecule has 1 aliphatic heterocycles. The number of nitrogens with zero attached hydrogens (tertiary/aromatic N) is 3. The number of methoxy groups -OCH3 is 1. The van der Waals surface area contributed by atoms with Crippen LogP contribution in [0.4, 0.5) is 0 Å². The molecule has 0 atom stereocenters.